The number of hydrogen-bond donors (Lipinski definition) is 1. The van der Waals surface area contributed by atoms with Gasteiger partial charge >= 0.3 is 0 Å². The number of aliphatic hydroxyl groups excluding tert-OH is 1. The Kier molecular flexibility index (Phi) is 2.08. The van der Waals surface area contributed by atoms with Gasteiger partial charge < -0.3 is 5.11 Å². The van der Waals surface area contributed by atoms with Gasteiger partial charge in [-0.25, -0.2) is 0 Å². The van der Waals surface area contributed by atoms with Crippen molar-refractivity contribution in [1.82, 2.24) is 4.90 Å². The molecule has 80 valence electrons. The van der Waals surface area contributed by atoms with Crippen LogP contribution in [0.4, 0.5) is 0 Å². The molecule has 0 unspecified atom stereocenters. The van der Waals surface area contributed by atoms with Crippen molar-refractivity contribution >= 4 is 0 Å². The lowest BCUT2D eigenvalue weighted by Crippen LogP contribution is -2.39. The fourth-order valence-corrected chi connectivity index (χ4v) is 2.86. The molecule has 0 amide bonds. The number of aliphatic hydroxyl groups is 1. The van der Waals surface area contributed by atoms with E-state index in [1.807, 2.05) is 0 Å². The maximum atomic E-state index is 9.02. The molecule has 1 fully saturated rings. The van der Waals surface area contributed by atoms with Crippen molar-refractivity contribution in [2.24, 2.45) is 0 Å². The minimum Gasteiger partial charge on any atom is -0.395 e. The molecule has 0 aromatic heterocycles. The van der Waals surface area contributed by atoms with Crippen LogP contribution in [0.5, 0.6) is 0 Å². The second kappa shape index (κ2) is 3.32. The topological polar surface area (TPSA) is 23.5 Å². The minimum atomic E-state index is 0.276. The van der Waals surface area contributed by atoms with E-state index in [1.54, 1.807) is 5.56 Å². The standard InChI is InChI=1S/C13H17NO/c15-8-7-14-9-11-3-1-2-4-12(11)13(10-14)5-6-13/h1-4,15H,5-10H2. The van der Waals surface area contributed by atoms with Crippen LogP contribution in [-0.2, 0) is 12.0 Å². The molecule has 0 saturated heterocycles. The normalized spacial score (nSPS) is 22.7. The molecule has 2 nitrogen and oxygen atoms in total. The average molecular weight is 203 g/mol. The summed E-state index contributed by atoms with van der Waals surface area (Å²) < 4.78 is 0. The molecule has 1 aliphatic carbocycles. The summed E-state index contributed by atoms with van der Waals surface area (Å²) in [5.74, 6) is 0. The van der Waals surface area contributed by atoms with Gasteiger partial charge in [0.05, 0.1) is 6.61 Å². The summed E-state index contributed by atoms with van der Waals surface area (Å²) in [7, 11) is 0. The summed E-state index contributed by atoms with van der Waals surface area (Å²) in [5, 5.41) is 9.02. The number of benzene rings is 1. The van der Waals surface area contributed by atoms with Crippen molar-refractivity contribution in [3.05, 3.63) is 35.4 Å². The zero-order valence-electron chi connectivity index (χ0n) is 8.95. The highest BCUT2D eigenvalue weighted by molar-refractivity contribution is 5.41. The van der Waals surface area contributed by atoms with Gasteiger partial charge in [-0.05, 0) is 24.0 Å². The van der Waals surface area contributed by atoms with Crippen molar-refractivity contribution in [2.45, 2.75) is 24.8 Å². The van der Waals surface area contributed by atoms with Crippen LogP contribution in [0.1, 0.15) is 24.0 Å². The van der Waals surface area contributed by atoms with E-state index in [0.29, 0.717) is 5.41 Å². The van der Waals surface area contributed by atoms with E-state index in [1.165, 1.54) is 18.4 Å². The zero-order chi connectivity index (χ0) is 10.3. The van der Waals surface area contributed by atoms with E-state index >= 15 is 0 Å². The molecule has 1 spiro atoms. The second-order valence-electron chi connectivity index (χ2n) is 4.87. The lowest BCUT2D eigenvalue weighted by Gasteiger charge is -2.34. The number of fused-ring (bicyclic) bond motifs is 2. The summed E-state index contributed by atoms with van der Waals surface area (Å²) in [4.78, 5) is 2.38. The Morgan fingerprint density at radius 3 is 2.80 bits per heavy atom. The summed E-state index contributed by atoms with van der Waals surface area (Å²) in [5.41, 5.74) is 3.48. The van der Waals surface area contributed by atoms with Crippen molar-refractivity contribution in [3.8, 4) is 0 Å². The molecule has 1 aromatic rings. The Labute approximate surface area is 90.5 Å². The Morgan fingerprint density at radius 2 is 2.07 bits per heavy atom. The van der Waals surface area contributed by atoms with Crippen LogP contribution < -0.4 is 0 Å². The molecule has 1 aliphatic heterocycles. The fraction of sp³-hybridized carbons (Fsp3) is 0.538. The van der Waals surface area contributed by atoms with Gasteiger partial charge in [-0.2, -0.15) is 0 Å². The molecule has 1 heterocycles. The van der Waals surface area contributed by atoms with Gasteiger partial charge in [-0.1, -0.05) is 24.3 Å². The van der Waals surface area contributed by atoms with Gasteiger partial charge in [-0.3, -0.25) is 4.90 Å². The number of β-amino-alcohol motifs (C(OH)–C–C–N with tert-alkyl or cyclic N) is 1. The first-order chi connectivity index (χ1) is 7.34. The predicted octanol–water partition coefficient (Wildman–Crippen LogP) is 1.53. The quantitative estimate of drug-likeness (QED) is 0.788. The molecule has 0 bridgehead atoms. The summed E-state index contributed by atoms with van der Waals surface area (Å²) in [6.07, 6.45) is 2.65. The molecule has 15 heavy (non-hydrogen) atoms. The van der Waals surface area contributed by atoms with Gasteiger partial charge in [-0.15, -0.1) is 0 Å². The molecule has 2 heteroatoms. The van der Waals surface area contributed by atoms with Crippen LogP contribution in [0.3, 0.4) is 0 Å². The van der Waals surface area contributed by atoms with Crippen molar-refractivity contribution < 1.29 is 5.11 Å². The first-order valence-electron chi connectivity index (χ1n) is 5.76. The summed E-state index contributed by atoms with van der Waals surface area (Å²) >= 11 is 0. The maximum absolute atomic E-state index is 9.02. The third kappa shape index (κ3) is 1.48. The van der Waals surface area contributed by atoms with E-state index in [2.05, 4.69) is 29.2 Å². The highest BCUT2D eigenvalue weighted by Gasteiger charge is 2.48. The second-order valence-corrected chi connectivity index (χ2v) is 4.87. The van der Waals surface area contributed by atoms with E-state index in [9.17, 15) is 0 Å². The van der Waals surface area contributed by atoms with Gasteiger partial charge in [0.15, 0.2) is 0 Å². The van der Waals surface area contributed by atoms with Gasteiger partial charge in [0.25, 0.3) is 0 Å². The minimum absolute atomic E-state index is 0.276. The molecular weight excluding hydrogens is 186 g/mol. The van der Waals surface area contributed by atoms with Crippen LogP contribution in [0.15, 0.2) is 24.3 Å². The molecule has 1 saturated carbocycles. The molecule has 2 aliphatic rings. The Morgan fingerprint density at radius 1 is 1.27 bits per heavy atom. The average Bonchev–Trinajstić information content (AvgIpc) is 2.99. The van der Waals surface area contributed by atoms with Crippen molar-refractivity contribution in [1.29, 1.82) is 0 Å². The summed E-state index contributed by atoms with van der Waals surface area (Å²) in [6.45, 7) is 3.25. The SMILES string of the molecule is OCCN1Cc2ccccc2C2(CC2)C1. The van der Waals surface area contributed by atoms with Crippen LogP contribution in [0.25, 0.3) is 0 Å². The molecule has 3 rings (SSSR count). The first-order valence-corrected chi connectivity index (χ1v) is 5.76. The molecular formula is C13H17NO. The van der Waals surface area contributed by atoms with E-state index < -0.39 is 0 Å². The molecule has 1 aromatic carbocycles. The Hall–Kier alpha value is -0.860. The van der Waals surface area contributed by atoms with Crippen LogP contribution in [0, 0.1) is 0 Å². The third-order valence-corrected chi connectivity index (χ3v) is 3.78. The number of nitrogens with zero attached hydrogens (tertiary/aromatic N) is 1. The number of hydrogen-bond acceptors (Lipinski definition) is 2. The monoisotopic (exact) mass is 203 g/mol. The van der Waals surface area contributed by atoms with Crippen LogP contribution >= 0.6 is 0 Å². The Bertz CT molecular complexity index is 371. The summed E-state index contributed by atoms with van der Waals surface area (Å²) in [6, 6.07) is 8.80. The van der Waals surface area contributed by atoms with Crippen molar-refractivity contribution in [3.63, 3.8) is 0 Å². The van der Waals surface area contributed by atoms with E-state index in [-0.39, 0.29) is 6.61 Å². The Balaban J connectivity index is 1.94. The number of rotatable bonds is 2. The first kappa shape index (κ1) is 9.37. The largest absolute Gasteiger partial charge is 0.395 e. The van der Waals surface area contributed by atoms with Gasteiger partial charge in [0.2, 0.25) is 0 Å². The lowest BCUT2D eigenvalue weighted by atomic mass is 9.87. The van der Waals surface area contributed by atoms with Gasteiger partial charge in [0.1, 0.15) is 0 Å². The van der Waals surface area contributed by atoms with E-state index in [4.69, 9.17) is 5.11 Å². The third-order valence-electron chi connectivity index (χ3n) is 3.78. The van der Waals surface area contributed by atoms with Crippen LogP contribution in [-0.4, -0.2) is 29.7 Å². The zero-order valence-corrected chi connectivity index (χ0v) is 8.95. The predicted molar refractivity (Wildman–Crippen MR) is 59.7 cm³/mol. The maximum Gasteiger partial charge on any atom is 0.0558 e. The highest BCUT2D eigenvalue weighted by Crippen LogP contribution is 2.52. The smallest absolute Gasteiger partial charge is 0.0558 e. The van der Waals surface area contributed by atoms with Crippen LogP contribution in [0.2, 0.25) is 0 Å². The van der Waals surface area contributed by atoms with Crippen molar-refractivity contribution in [2.75, 3.05) is 19.7 Å². The van der Waals surface area contributed by atoms with Gasteiger partial charge in [0, 0.05) is 25.0 Å². The molecule has 1 N–H and O–H groups in total. The molecule has 0 radical (unpaired) electrons. The van der Waals surface area contributed by atoms with E-state index in [0.717, 1.165) is 19.6 Å². The lowest BCUT2D eigenvalue weighted by molar-refractivity contribution is 0.167. The molecule has 0 atom stereocenters. The fourth-order valence-electron chi connectivity index (χ4n) is 2.86. The highest BCUT2D eigenvalue weighted by atomic mass is 16.3.